The fraction of sp³-hybridized carbons (Fsp3) is 0.125. The second-order valence-corrected chi connectivity index (χ2v) is 8.52. The number of hydrogen-bond donors (Lipinski definition) is 1. The molecule has 1 aliphatic carbocycles. The lowest BCUT2D eigenvalue weighted by Crippen LogP contribution is -2.31. The van der Waals surface area contributed by atoms with E-state index in [9.17, 15) is 4.79 Å². The highest BCUT2D eigenvalue weighted by atomic mass is 35.5. The SMILES string of the molecule is O=c1cc(-c2cc(Cl)ccc2-n2cnnn2)ccn1C1(c2ncc(-c3ccccc3)[nH]2)CC1. The molecule has 0 unspecified atom stereocenters. The monoisotopic (exact) mass is 455 g/mol. The maximum Gasteiger partial charge on any atom is 0.252 e. The van der Waals surface area contributed by atoms with Crippen molar-refractivity contribution in [2.45, 2.75) is 18.4 Å². The van der Waals surface area contributed by atoms with Crippen LogP contribution in [0.3, 0.4) is 0 Å². The van der Waals surface area contributed by atoms with E-state index in [1.54, 1.807) is 21.4 Å². The number of aromatic nitrogens is 7. The van der Waals surface area contributed by atoms with Crippen molar-refractivity contribution in [2.24, 2.45) is 0 Å². The molecule has 3 aromatic heterocycles. The third-order valence-corrected chi connectivity index (χ3v) is 6.31. The van der Waals surface area contributed by atoms with Gasteiger partial charge in [0.2, 0.25) is 0 Å². The fourth-order valence-corrected chi connectivity index (χ4v) is 4.42. The molecule has 0 bridgehead atoms. The molecule has 2 aromatic carbocycles. The van der Waals surface area contributed by atoms with Crippen molar-refractivity contribution in [3.05, 3.63) is 101 Å². The molecule has 0 radical (unpaired) electrons. The van der Waals surface area contributed by atoms with E-state index in [-0.39, 0.29) is 5.56 Å². The van der Waals surface area contributed by atoms with Gasteiger partial charge in [-0.25, -0.2) is 4.98 Å². The van der Waals surface area contributed by atoms with Crippen LogP contribution in [0.5, 0.6) is 0 Å². The van der Waals surface area contributed by atoms with Crippen molar-refractivity contribution in [3.8, 4) is 28.1 Å². The van der Waals surface area contributed by atoms with Crippen molar-refractivity contribution in [1.29, 1.82) is 0 Å². The summed E-state index contributed by atoms with van der Waals surface area (Å²) in [4.78, 5) is 21.3. The average molecular weight is 456 g/mol. The fourth-order valence-electron chi connectivity index (χ4n) is 4.24. The number of aromatic amines is 1. The lowest BCUT2D eigenvalue weighted by atomic mass is 10.0. The van der Waals surface area contributed by atoms with E-state index in [0.29, 0.717) is 5.02 Å². The molecule has 5 aromatic rings. The van der Waals surface area contributed by atoms with Crippen molar-refractivity contribution in [1.82, 2.24) is 34.7 Å². The summed E-state index contributed by atoms with van der Waals surface area (Å²) in [5.74, 6) is 0.799. The Bertz CT molecular complexity index is 1500. The Labute approximate surface area is 193 Å². The van der Waals surface area contributed by atoms with Gasteiger partial charge in [-0.3, -0.25) is 4.79 Å². The largest absolute Gasteiger partial charge is 0.340 e. The first-order chi connectivity index (χ1) is 16.1. The summed E-state index contributed by atoms with van der Waals surface area (Å²) < 4.78 is 3.32. The van der Waals surface area contributed by atoms with Crippen LogP contribution in [0.2, 0.25) is 5.02 Å². The zero-order valence-electron chi connectivity index (χ0n) is 17.4. The van der Waals surface area contributed by atoms with Gasteiger partial charge in [-0.15, -0.1) is 5.10 Å². The van der Waals surface area contributed by atoms with E-state index in [2.05, 4.69) is 25.5 Å². The first-order valence-electron chi connectivity index (χ1n) is 10.5. The Hall–Kier alpha value is -4.04. The van der Waals surface area contributed by atoms with Crippen LogP contribution in [0.4, 0.5) is 0 Å². The second-order valence-electron chi connectivity index (χ2n) is 8.08. The van der Waals surface area contributed by atoms with Crippen LogP contribution in [0.1, 0.15) is 18.7 Å². The summed E-state index contributed by atoms with van der Waals surface area (Å²) in [6.45, 7) is 0. The molecule has 1 fully saturated rings. The quantitative estimate of drug-likeness (QED) is 0.431. The van der Waals surface area contributed by atoms with E-state index in [1.807, 2.05) is 60.9 Å². The molecule has 3 heterocycles. The summed E-state index contributed by atoms with van der Waals surface area (Å²) in [7, 11) is 0. The number of benzene rings is 2. The van der Waals surface area contributed by atoms with Gasteiger partial charge in [-0.1, -0.05) is 41.9 Å². The number of rotatable bonds is 5. The minimum atomic E-state index is -0.449. The Morgan fingerprint density at radius 2 is 1.85 bits per heavy atom. The molecule has 1 aliphatic rings. The Morgan fingerprint density at radius 3 is 2.58 bits per heavy atom. The van der Waals surface area contributed by atoms with Crippen LogP contribution >= 0.6 is 11.6 Å². The Balaban J connectivity index is 1.39. The minimum Gasteiger partial charge on any atom is -0.340 e. The van der Waals surface area contributed by atoms with E-state index in [0.717, 1.165) is 46.7 Å². The van der Waals surface area contributed by atoms with Gasteiger partial charge in [0, 0.05) is 22.8 Å². The molecule has 0 atom stereocenters. The highest BCUT2D eigenvalue weighted by Crippen LogP contribution is 2.47. The lowest BCUT2D eigenvalue weighted by Gasteiger charge is -2.17. The minimum absolute atomic E-state index is 0.106. The smallest absolute Gasteiger partial charge is 0.252 e. The number of tetrazole rings is 1. The molecule has 162 valence electrons. The molecular weight excluding hydrogens is 438 g/mol. The molecule has 0 saturated heterocycles. The number of imidazole rings is 1. The van der Waals surface area contributed by atoms with Crippen LogP contribution in [0.15, 0.2) is 84.2 Å². The first kappa shape index (κ1) is 19.6. The van der Waals surface area contributed by atoms with Crippen LogP contribution < -0.4 is 5.56 Å². The van der Waals surface area contributed by atoms with E-state index in [1.165, 1.54) is 6.33 Å². The predicted octanol–water partition coefficient (Wildman–Crippen LogP) is 4.07. The number of hydrogen-bond acceptors (Lipinski definition) is 5. The number of halogens is 1. The number of nitrogens with one attached hydrogen (secondary N) is 1. The van der Waals surface area contributed by atoms with Crippen molar-refractivity contribution in [2.75, 3.05) is 0 Å². The molecule has 8 nitrogen and oxygen atoms in total. The summed E-state index contributed by atoms with van der Waals surface area (Å²) in [6, 6.07) is 19.0. The molecule has 0 aliphatic heterocycles. The standard InChI is InChI=1S/C24H18ClN7O/c25-18-6-7-21(32-15-27-29-30-32)19(13-18)17-8-11-31(22(33)12-17)24(9-10-24)23-26-14-20(28-23)16-4-2-1-3-5-16/h1-8,11-15H,9-10H2,(H,26,28). The van der Waals surface area contributed by atoms with Crippen LogP contribution in [-0.2, 0) is 5.54 Å². The van der Waals surface area contributed by atoms with Gasteiger partial charge in [-0.2, -0.15) is 4.68 Å². The van der Waals surface area contributed by atoms with Gasteiger partial charge < -0.3 is 9.55 Å². The zero-order valence-corrected chi connectivity index (χ0v) is 18.1. The van der Waals surface area contributed by atoms with E-state index >= 15 is 0 Å². The van der Waals surface area contributed by atoms with Gasteiger partial charge in [0.15, 0.2) is 0 Å². The molecule has 0 amide bonds. The Morgan fingerprint density at radius 1 is 1.00 bits per heavy atom. The predicted molar refractivity (Wildman–Crippen MR) is 124 cm³/mol. The molecule has 0 spiro atoms. The van der Waals surface area contributed by atoms with Gasteiger partial charge in [0.25, 0.3) is 5.56 Å². The lowest BCUT2D eigenvalue weighted by molar-refractivity contribution is 0.525. The first-order valence-corrected chi connectivity index (χ1v) is 10.9. The van der Waals surface area contributed by atoms with Crippen LogP contribution in [-0.4, -0.2) is 34.7 Å². The normalized spacial score (nSPS) is 14.3. The van der Waals surface area contributed by atoms with Gasteiger partial charge in [0.05, 0.1) is 17.6 Å². The summed E-state index contributed by atoms with van der Waals surface area (Å²) in [6.07, 6.45) is 6.87. The topological polar surface area (TPSA) is 94.3 Å². The van der Waals surface area contributed by atoms with Crippen LogP contribution in [0.25, 0.3) is 28.1 Å². The third-order valence-electron chi connectivity index (χ3n) is 6.07. The van der Waals surface area contributed by atoms with E-state index in [4.69, 9.17) is 11.6 Å². The number of pyridine rings is 1. The maximum atomic E-state index is 13.3. The van der Waals surface area contributed by atoms with E-state index < -0.39 is 5.54 Å². The number of nitrogens with zero attached hydrogens (tertiary/aromatic N) is 6. The van der Waals surface area contributed by atoms with Crippen molar-refractivity contribution >= 4 is 11.6 Å². The van der Waals surface area contributed by atoms with Gasteiger partial charge in [0.1, 0.15) is 17.7 Å². The number of H-pyrrole nitrogens is 1. The molecule has 1 N–H and O–H groups in total. The average Bonchev–Trinajstić information content (AvgIpc) is 3.24. The van der Waals surface area contributed by atoms with Crippen molar-refractivity contribution < 1.29 is 0 Å². The molecule has 9 heteroatoms. The maximum absolute atomic E-state index is 13.3. The summed E-state index contributed by atoms with van der Waals surface area (Å²) in [5, 5.41) is 12.0. The van der Waals surface area contributed by atoms with Crippen LogP contribution in [0, 0.1) is 0 Å². The highest BCUT2D eigenvalue weighted by molar-refractivity contribution is 6.31. The zero-order chi connectivity index (χ0) is 22.4. The highest BCUT2D eigenvalue weighted by Gasteiger charge is 2.49. The summed E-state index contributed by atoms with van der Waals surface area (Å²) >= 11 is 6.26. The molecule has 6 rings (SSSR count). The third kappa shape index (κ3) is 3.35. The summed E-state index contributed by atoms with van der Waals surface area (Å²) in [5.41, 5.74) is 3.69. The van der Waals surface area contributed by atoms with Crippen molar-refractivity contribution in [3.63, 3.8) is 0 Å². The molecule has 1 saturated carbocycles. The molecule has 33 heavy (non-hydrogen) atoms. The second kappa shape index (κ2) is 7.53. The Kier molecular flexibility index (Phi) is 4.48. The van der Waals surface area contributed by atoms with Gasteiger partial charge in [-0.05, 0) is 58.7 Å². The van der Waals surface area contributed by atoms with Gasteiger partial charge >= 0.3 is 0 Å². The molecular formula is C24H18ClN7O.